The van der Waals surface area contributed by atoms with E-state index in [4.69, 9.17) is 4.74 Å². The first-order valence-corrected chi connectivity index (χ1v) is 11.4. The number of nitrogens with one attached hydrogen (secondary N) is 2. The minimum atomic E-state index is -1.27. The summed E-state index contributed by atoms with van der Waals surface area (Å²) in [6, 6.07) is 0. The summed E-state index contributed by atoms with van der Waals surface area (Å²) in [4.78, 5) is 47.5. The molecule has 1 unspecified atom stereocenters. The van der Waals surface area contributed by atoms with Crippen LogP contribution >= 0.6 is 67.8 Å². The third-order valence-electron chi connectivity index (χ3n) is 3.47. The number of hydrogen-bond donors (Lipinski definition) is 3. The van der Waals surface area contributed by atoms with Gasteiger partial charge in [0.15, 0.2) is 6.10 Å². The Morgan fingerprint density at radius 2 is 1.43 bits per heavy atom. The zero-order valence-electron chi connectivity index (χ0n) is 15.3. The van der Waals surface area contributed by atoms with Gasteiger partial charge in [-0.1, -0.05) is 13.3 Å². The second kappa shape index (κ2) is 11.5. The third-order valence-corrected chi connectivity index (χ3v) is 6.70. The van der Waals surface area contributed by atoms with E-state index >= 15 is 0 Å². The Labute approximate surface area is 203 Å². The molecule has 0 spiro atoms. The maximum Gasteiger partial charge on any atom is 0.345 e. The van der Waals surface area contributed by atoms with Gasteiger partial charge < -0.3 is 20.5 Å². The lowest BCUT2D eigenvalue weighted by Crippen LogP contribution is -2.28. The number of benzene rings is 1. The number of hydrogen-bond acceptors (Lipinski definition) is 5. The molecule has 0 aliphatic heterocycles. The fourth-order valence-electron chi connectivity index (χ4n) is 2.23. The van der Waals surface area contributed by atoms with Gasteiger partial charge in [-0.2, -0.15) is 0 Å². The zero-order chi connectivity index (χ0) is 21.6. The molecule has 0 saturated heterocycles. The SMILES string of the molecule is CCCCC(OC(=O)c1c(I)c(NC(C)=O)c(I)c(NC(C)=O)c1I)C(=O)O. The van der Waals surface area contributed by atoms with Gasteiger partial charge in [0.05, 0.1) is 27.6 Å². The normalized spacial score (nSPS) is 11.5. The highest BCUT2D eigenvalue weighted by Crippen LogP contribution is 2.39. The molecule has 11 heteroatoms. The molecule has 1 atom stereocenters. The third kappa shape index (κ3) is 6.67. The number of rotatable bonds is 8. The Bertz CT molecular complexity index is 770. The lowest BCUT2D eigenvalue weighted by atomic mass is 10.1. The Morgan fingerprint density at radius 3 is 1.79 bits per heavy atom. The number of anilines is 2. The molecule has 0 aliphatic rings. The van der Waals surface area contributed by atoms with Gasteiger partial charge in [-0.3, -0.25) is 9.59 Å². The first-order chi connectivity index (χ1) is 13.0. The molecule has 154 valence electrons. The molecular formula is C17H19I3N2O6. The maximum absolute atomic E-state index is 12.8. The van der Waals surface area contributed by atoms with E-state index in [0.717, 1.165) is 6.42 Å². The summed E-state index contributed by atoms with van der Waals surface area (Å²) in [6.07, 6.45) is 0.289. The van der Waals surface area contributed by atoms with Gasteiger partial charge in [-0.25, -0.2) is 9.59 Å². The van der Waals surface area contributed by atoms with Crippen molar-refractivity contribution < 1.29 is 29.0 Å². The van der Waals surface area contributed by atoms with Crippen molar-refractivity contribution in [3.63, 3.8) is 0 Å². The van der Waals surface area contributed by atoms with Crippen LogP contribution < -0.4 is 10.6 Å². The smallest absolute Gasteiger partial charge is 0.345 e. The Kier molecular flexibility index (Phi) is 10.4. The van der Waals surface area contributed by atoms with Gasteiger partial charge >= 0.3 is 11.9 Å². The lowest BCUT2D eigenvalue weighted by Gasteiger charge is -2.20. The van der Waals surface area contributed by atoms with E-state index in [1.165, 1.54) is 13.8 Å². The van der Waals surface area contributed by atoms with E-state index in [0.29, 0.717) is 28.5 Å². The Hall–Kier alpha value is -0.710. The predicted octanol–water partition coefficient (Wildman–Crippen LogP) is 4.22. The van der Waals surface area contributed by atoms with Crippen molar-refractivity contribution in [1.29, 1.82) is 0 Å². The van der Waals surface area contributed by atoms with Gasteiger partial charge in [0.25, 0.3) is 0 Å². The molecule has 0 heterocycles. The average Bonchev–Trinajstić information content (AvgIpc) is 2.58. The largest absolute Gasteiger partial charge is 0.479 e. The molecule has 0 bridgehead atoms. The number of unbranched alkanes of at least 4 members (excludes halogenated alkanes) is 1. The van der Waals surface area contributed by atoms with E-state index in [1.807, 2.05) is 74.7 Å². The van der Waals surface area contributed by atoms with E-state index < -0.39 is 18.0 Å². The highest BCUT2D eigenvalue weighted by atomic mass is 127. The van der Waals surface area contributed by atoms with E-state index in [-0.39, 0.29) is 23.8 Å². The van der Waals surface area contributed by atoms with Crippen LogP contribution in [0.4, 0.5) is 11.4 Å². The van der Waals surface area contributed by atoms with Crippen LogP contribution in [0, 0.1) is 10.7 Å². The number of ether oxygens (including phenoxy) is 1. The quantitative estimate of drug-likeness (QED) is 0.273. The van der Waals surface area contributed by atoms with Crippen LogP contribution in [0.15, 0.2) is 0 Å². The molecule has 0 aliphatic carbocycles. The molecule has 2 amide bonds. The van der Waals surface area contributed by atoms with Gasteiger partial charge in [-0.15, -0.1) is 0 Å². The second-order valence-electron chi connectivity index (χ2n) is 5.80. The number of carbonyl (C=O) groups is 4. The standard InChI is InChI=1S/C17H19I3N2O6/c1-4-5-6-9(16(25)26)28-17(27)10-11(18)14(21-7(2)23)13(20)15(12(10)19)22-8(3)24/h9H,4-6H2,1-3H3,(H,21,23)(H,22,24)(H,25,26). The number of halogens is 3. The van der Waals surface area contributed by atoms with Crippen LogP contribution in [-0.2, 0) is 19.1 Å². The molecule has 28 heavy (non-hydrogen) atoms. The summed E-state index contributed by atoms with van der Waals surface area (Å²) >= 11 is 5.77. The highest BCUT2D eigenvalue weighted by molar-refractivity contribution is 14.1. The predicted molar refractivity (Wildman–Crippen MR) is 130 cm³/mol. The number of amides is 2. The highest BCUT2D eigenvalue weighted by Gasteiger charge is 2.30. The number of esters is 1. The molecule has 0 radical (unpaired) electrons. The average molecular weight is 728 g/mol. The van der Waals surface area contributed by atoms with Crippen molar-refractivity contribution >= 4 is 103 Å². The lowest BCUT2D eigenvalue weighted by molar-refractivity contribution is -0.147. The summed E-state index contributed by atoms with van der Waals surface area (Å²) in [5, 5.41) is 14.6. The van der Waals surface area contributed by atoms with Gasteiger partial charge in [0, 0.05) is 13.8 Å². The molecule has 1 aromatic rings. The minimum Gasteiger partial charge on any atom is -0.479 e. The summed E-state index contributed by atoms with van der Waals surface area (Å²) < 4.78 is 6.60. The summed E-state index contributed by atoms with van der Waals surface area (Å²) in [5.74, 6) is -2.75. The van der Waals surface area contributed by atoms with E-state index in [9.17, 15) is 24.3 Å². The Balaban J connectivity index is 3.50. The van der Waals surface area contributed by atoms with Crippen LogP contribution in [0.5, 0.6) is 0 Å². The van der Waals surface area contributed by atoms with Crippen molar-refractivity contribution in [1.82, 2.24) is 0 Å². The van der Waals surface area contributed by atoms with Crippen molar-refractivity contribution in [2.75, 3.05) is 10.6 Å². The molecule has 1 aromatic carbocycles. The summed E-state index contributed by atoms with van der Waals surface area (Å²) in [6.45, 7) is 4.56. The molecule has 1 rings (SSSR count). The maximum atomic E-state index is 12.8. The number of carbonyl (C=O) groups excluding carboxylic acids is 3. The first kappa shape index (κ1) is 25.3. The van der Waals surface area contributed by atoms with Crippen molar-refractivity contribution in [2.24, 2.45) is 0 Å². The minimum absolute atomic E-state index is 0.0943. The van der Waals surface area contributed by atoms with Crippen LogP contribution in [-0.4, -0.2) is 35.0 Å². The number of carboxylic acids is 1. The topological polar surface area (TPSA) is 122 Å². The van der Waals surface area contributed by atoms with Gasteiger partial charge in [-0.05, 0) is 80.6 Å². The number of carboxylic acid groups (broad SMARTS) is 1. The van der Waals surface area contributed by atoms with Crippen LogP contribution in [0.3, 0.4) is 0 Å². The van der Waals surface area contributed by atoms with Crippen LogP contribution in [0.25, 0.3) is 0 Å². The van der Waals surface area contributed by atoms with Gasteiger partial charge in [0.1, 0.15) is 0 Å². The monoisotopic (exact) mass is 728 g/mol. The fraction of sp³-hybridized carbons (Fsp3) is 0.412. The summed E-state index contributed by atoms with van der Waals surface area (Å²) in [7, 11) is 0. The molecule has 3 N–H and O–H groups in total. The van der Waals surface area contributed by atoms with Crippen molar-refractivity contribution in [3.8, 4) is 0 Å². The molecule has 8 nitrogen and oxygen atoms in total. The first-order valence-electron chi connectivity index (χ1n) is 8.20. The number of aliphatic carboxylic acids is 1. The van der Waals surface area contributed by atoms with Crippen molar-refractivity contribution in [3.05, 3.63) is 16.3 Å². The Morgan fingerprint density at radius 1 is 0.964 bits per heavy atom. The zero-order valence-corrected chi connectivity index (χ0v) is 21.8. The van der Waals surface area contributed by atoms with Crippen LogP contribution in [0.2, 0.25) is 0 Å². The van der Waals surface area contributed by atoms with E-state index in [2.05, 4.69) is 10.6 Å². The van der Waals surface area contributed by atoms with Crippen molar-refractivity contribution in [2.45, 2.75) is 46.1 Å². The fourth-order valence-corrected chi connectivity index (χ4v) is 6.37. The molecular weight excluding hydrogens is 709 g/mol. The summed E-state index contributed by atoms with van der Waals surface area (Å²) in [5.41, 5.74) is 0.798. The van der Waals surface area contributed by atoms with Gasteiger partial charge in [0.2, 0.25) is 11.8 Å². The van der Waals surface area contributed by atoms with E-state index in [1.54, 1.807) is 0 Å². The molecule has 0 fully saturated rings. The second-order valence-corrected chi connectivity index (χ2v) is 9.04. The van der Waals surface area contributed by atoms with Crippen LogP contribution in [0.1, 0.15) is 50.4 Å². The molecule has 0 saturated carbocycles. The molecule has 0 aromatic heterocycles.